The highest BCUT2D eigenvalue weighted by Crippen LogP contribution is 2.50. The van der Waals surface area contributed by atoms with Crippen LogP contribution in [0.5, 0.6) is 0 Å². The Hall–Kier alpha value is -2.93. The third kappa shape index (κ3) is 5.25. The highest BCUT2D eigenvalue weighted by Gasteiger charge is 2.45. The summed E-state index contributed by atoms with van der Waals surface area (Å²) in [5.41, 5.74) is 5.73. The van der Waals surface area contributed by atoms with Crippen molar-refractivity contribution in [2.24, 2.45) is 5.41 Å². The number of hydrogen-bond donors (Lipinski definition) is 1. The summed E-state index contributed by atoms with van der Waals surface area (Å²) in [5.74, 6) is 6.70. The molecular formula is C31H35NO2. The Kier molecular flexibility index (Phi) is 7.51. The van der Waals surface area contributed by atoms with Crippen molar-refractivity contribution in [1.82, 2.24) is 4.90 Å². The molecule has 0 aliphatic heterocycles. The van der Waals surface area contributed by atoms with Crippen LogP contribution in [0.1, 0.15) is 63.1 Å². The zero-order valence-corrected chi connectivity index (χ0v) is 20.6. The predicted molar refractivity (Wildman–Crippen MR) is 139 cm³/mol. The van der Waals surface area contributed by atoms with Crippen LogP contribution in [-0.4, -0.2) is 35.0 Å². The maximum atomic E-state index is 13.0. The van der Waals surface area contributed by atoms with Crippen molar-refractivity contribution in [3.8, 4) is 11.8 Å². The maximum Gasteiger partial charge on any atom is 0.184 e. The number of benzene rings is 2. The van der Waals surface area contributed by atoms with Gasteiger partial charge in [0, 0.05) is 23.1 Å². The van der Waals surface area contributed by atoms with E-state index in [4.69, 9.17) is 0 Å². The summed E-state index contributed by atoms with van der Waals surface area (Å²) < 4.78 is 0. The number of allylic oxidation sites excluding steroid dienone is 2. The Morgan fingerprint density at radius 1 is 1.15 bits per heavy atom. The predicted octanol–water partition coefficient (Wildman–Crippen LogP) is 5.78. The number of hydrogen-bond acceptors (Lipinski definition) is 3. The van der Waals surface area contributed by atoms with Crippen LogP contribution in [-0.2, 0) is 11.3 Å². The molecule has 0 heterocycles. The molecule has 0 amide bonds. The average molecular weight is 454 g/mol. The molecule has 0 aromatic heterocycles. The lowest BCUT2D eigenvalue weighted by Gasteiger charge is -2.45. The van der Waals surface area contributed by atoms with Crippen LogP contribution < -0.4 is 0 Å². The lowest BCUT2D eigenvalue weighted by atomic mass is 9.61. The summed E-state index contributed by atoms with van der Waals surface area (Å²) >= 11 is 0. The fraction of sp³-hybridized carbons (Fsp3) is 0.387. The smallest absolute Gasteiger partial charge is 0.184 e. The monoisotopic (exact) mass is 453 g/mol. The van der Waals surface area contributed by atoms with Gasteiger partial charge in [0.05, 0.1) is 12.6 Å². The molecular weight excluding hydrogens is 418 g/mol. The van der Waals surface area contributed by atoms with Gasteiger partial charge in [-0.1, -0.05) is 73.7 Å². The van der Waals surface area contributed by atoms with E-state index in [1.54, 1.807) is 0 Å². The molecule has 3 heteroatoms. The van der Waals surface area contributed by atoms with Crippen LogP contribution in [0.3, 0.4) is 0 Å². The van der Waals surface area contributed by atoms with Crippen molar-refractivity contribution in [2.75, 3.05) is 13.1 Å². The lowest BCUT2D eigenvalue weighted by molar-refractivity contribution is -0.113. The van der Waals surface area contributed by atoms with Crippen LogP contribution in [0.25, 0.3) is 6.08 Å². The van der Waals surface area contributed by atoms with Gasteiger partial charge >= 0.3 is 0 Å². The molecule has 0 saturated heterocycles. The summed E-state index contributed by atoms with van der Waals surface area (Å²) in [6, 6.07) is 18.6. The standard InChI is InChI=1S/C31H35NO2/c1-4-32(22-26-10-6-5-7-11-26)19-9-12-24-15-17-25(18-16-24)20-27-21-31(3)28(23(2)30(27)34)13-8-14-29(31)33/h5-7,10-11,15-18,20,29,33H,4,8,13-14,19,21-22H2,1-3H3/b27-20+/t29-,31-/m0/s1. The fourth-order valence-corrected chi connectivity index (χ4v) is 5.33. The number of Topliss-reactive ketones (excluding diaryl/α,β-unsaturated/α-hetero) is 1. The molecule has 1 saturated carbocycles. The number of carbonyl (C=O) groups excluding carboxylic acids is 1. The summed E-state index contributed by atoms with van der Waals surface area (Å²) in [5, 5.41) is 10.7. The van der Waals surface area contributed by atoms with Gasteiger partial charge in [0.2, 0.25) is 0 Å². The molecule has 3 nitrogen and oxygen atoms in total. The molecule has 1 fully saturated rings. The third-order valence-electron chi connectivity index (χ3n) is 7.45. The zero-order valence-electron chi connectivity index (χ0n) is 20.6. The van der Waals surface area contributed by atoms with Gasteiger partial charge in [0.25, 0.3) is 0 Å². The molecule has 2 aliphatic rings. The fourth-order valence-electron chi connectivity index (χ4n) is 5.33. The molecule has 34 heavy (non-hydrogen) atoms. The first-order valence-corrected chi connectivity index (χ1v) is 12.4. The van der Waals surface area contributed by atoms with Crippen molar-refractivity contribution < 1.29 is 9.90 Å². The molecule has 0 radical (unpaired) electrons. The molecule has 2 atom stereocenters. The van der Waals surface area contributed by atoms with Crippen molar-refractivity contribution in [2.45, 2.75) is 59.1 Å². The SMILES string of the molecule is CCN(CC#Cc1ccc(/C=C2\C[C@@]3(C)C(=C(C)C2=O)CCC[C@@H]3O)cc1)Cc1ccccc1. The van der Waals surface area contributed by atoms with Crippen molar-refractivity contribution >= 4 is 11.9 Å². The van der Waals surface area contributed by atoms with Gasteiger partial charge in [-0.3, -0.25) is 9.69 Å². The summed E-state index contributed by atoms with van der Waals surface area (Å²) in [7, 11) is 0. The Bertz CT molecular complexity index is 1150. The van der Waals surface area contributed by atoms with E-state index in [0.29, 0.717) is 6.42 Å². The Labute approximate surface area is 204 Å². The maximum absolute atomic E-state index is 13.0. The second-order valence-electron chi connectivity index (χ2n) is 9.82. The van der Waals surface area contributed by atoms with E-state index in [1.165, 1.54) is 5.56 Å². The third-order valence-corrected chi connectivity index (χ3v) is 7.45. The Balaban J connectivity index is 1.44. The van der Waals surface area contributed by atoms with Crippen LogP contribution in [0, 0.1) is 17.3 Å². The average Bonchev–Trinajstić information content (AvgIpc) is 2.85. The van der Waals surface area contributed by atoms with Crippen LogP contribution in [0.4, 0.5) is 0 Å². The van der Waals surface area contributed by atoms with Crippen LogP contribution in [0.2, 0.25) is 0 Å². The van der Waals surface area contributed by atoms with Gasteiger partial charge in [-0.15, -0.1) is 0 Å². The van der Waals surface area contributed by atoms with E-state index in [9.17, 15) is 9.90 Å². The van der Waals surface area contributed by atoms with Gasteiger partial charge in [-0.05, 0) is 74.1 Å². The molecule has 4 rings (SSSR count). The molecule has 2 aromatic rings. The normalized spacial score (nSPS) is 23.6. The number of aliphatic hydroxyl groups excluding tert-OH is 1. The van der Waals surface area contributed by atoms with Crippen LogP contribution in [0.15, 0.2) is 71.3 Å². The first-order chi connectivity index (χ1) is 16.4. The minimum Gasteiger partial charge on any atom is -0.392 e. The molecule has 0 unspecified atom stereocenters. The second-order valence-corrected chi connectivity index (χ2v) is 9.82. The molecule has 0 bridgehead atoms. The number of aliphatic hydroxyl groups is 1. The minimum absolute atomic E-state index is 0.128. The first-order valence-electron chi connectivity index (χ1n) is 12.4. The number of nitrogens with zero attached hydrogens (tertiary/aromatic N) is 1. The molecule has 2 aromatic carbocycles. The highest BCUT2D eigenvalue weighted by atomic mass is 16.3. The quantitative estimate of drug-likeness (QED) is 0.461. The number of carbonyl (C=O) groups is 1. The zero-order chi connectivity index (χ0) is 24.1. The molecule has 176 valence electrons. The van der Waals surface area contributed by atoms with E-state index >= 15 is 0 Å². The van der Waals surface area contributed by atoms with E-state index in [1.807, 2.05) is 43.3 Å². The van der Waals surface area contributed by atoms with Gasteiger partial charge in [-0.25, -0.2) is 0 Å². The second kappa shape index (κ2) is 10.6. The van der Waals surface area contributed by atoms with Gasteiger partial charge < -0.3 is 5.11 Å². The lowest BCUT2D eigenvalue weighted by Crippen LogP contribution is -2.42. The highest BCUT2D eigenvalue weighted by molar-refractivity contribution is 6.12. The number of fused-ring (bicyclic) bond motifs is 1. The first kappa shape index (κ1) is 24.2. The molecule has 2 aliphatic carbocycles. The van der Waals surface area contributed by atoms with Gasteiger partial charge in [0.1, 0.15) is 0 Å². The number of rotatable bonds is 5. The van der Waals surface area contributed by atoms with E-state index in [2.05, 4.69) is 54.9 Å². The Morgan fingerprint density at radius 2 is 1.88 bits per heavy atom. The van der Waals surface area contributed by atoms with Crippen molar-refractivity contribution in [3.05, 3.63) is 88.0 Å². The van der Waals surface area contributed by atoms with Crippen molar-refractivity contribution in [3.63, 3.8) is 0 Å². The molecule has 1 N–H and O–H groups in total. The van der Waals surface area contributed by atoms with E-state index in [0.717, 1.165) is 66.7 Å². The van der Waals surface area contributed by atoms with E-state index < -0.39 is 0 Å². The van der Waals surface area contributed by atoms with E-state index in [-0.39, 0.29) is 17.3 Å². The largest absolute Gasteiger partial charge is 0.392 e. The number of ketones is 1. The van der Waals surface area contributed by atoms with Gasteiger partial charge in [-0.2, -0.15) is 0 Å². The van der Waals surface area contributed by atoms with Gasteiger partial charge in [0.15, 0.2) is 5.78 Å². The topological polar surface area (TPSA) is 40.5 Å². The summed E-state index contributed by atoms with van der Waals surface area (Å²) in [4.78, 5) is 15.3. The Morgan fingerprint density at radius 3 is 2.59 bits per heavy atom. The minimum atomic E-state index is -0.384. The van der Waals surface area contributed by atoms with Crippen LogP contribution >= 0.6 is 0 Å². The summed E-state index contributed by atoms with van der Waals surface area (Å²) in [6.45, 7) is 8.78. The van der Waals surface area contributed by atoms with Crippen molar-refractivity contribution in [1.29, 1.82) is 0 Å². The summed E-state index contributed by atoms with van der Waals surface area (Å²) in [6.07, 6.45) is 4.90. The molecule has 0 spiro atoms.